The van der Waals surface area contributed by atoms with Crippen LogP contribution in [0.1, 0.15) is 0 Å². The summed E-state index contributed by atoms with van der Waals surface area (Å²) < 4.78 is 63.4. The van der Waals surface area contributed by atoms with Gasteiger partial charge in [0, 0.05) is 0 Å². The lowest BCUT2D eigenvalue weighted by molar-refractivity contribution is -0.0557. The van der Waals surface area contributed by atoms with Gasteiger partial charge in [0.25, 0.3) is 0 Å². The maximum absolute atomic E-state index is 11.6. The third-order valence-electron chi connectivity index (χ3n) is 0.985. The Hall–Kier alpha value is -0.380. The van der Waals surface area contributed by atoms with Crippen LogP contribution in [0.2, 0.25) is 0 Å². The molecule has 0 spiro atoms. The van der Waals surface area contributed by atoms with Crippen LogP contribution in [0.15, 0.2) is 0 Å². The number of aliphatic hydroxyl groups is 1. The molecule has 0 heterocycles. The van der Waals surface area contributed by atoms with Crippen LogP contribution in [0.5, 0.6) is 0 Å². The molecule has 0 aliphatic rings. The number of aliphatic hydroxyl groups excluding tert-OH is 1. The molecule has 0 bridgehead atoms. The van der Waals surface area contributed by atoms with Gasteiger partial charge in [0.2, 0.25) is 0 Å². The van der Waals surface area contributed by atoms with Crippen molar-refractivity contribution >= 4 is 10.1 Å². The number of alkyl halides is 3. The monoisotopic (exact) mass is 238 g/mol. The number of hydrogen-bond donors (Lipinski definition) is 1. The summed E-state index contributed by atoms with van der Waals surface area (Å²) in [6, 6.07) is 0. The van der Waals surface area contributed by atoms with E-state index in [1.165, 1.54) is 0 Å². The molecule has 9 heteroatoms. The molecule has 0 rings (SSSR count). The summed E-state index contributed by atoms with van der Waals surface area (Å²) in [6.07, 6.45) is 0. The van der Waals surface area contributed by atoms with Gasteiger partial charge in [0.1, 0.15) is 0 Å². The summed E-state index contributed by atoms with van der Waals surface area (Å²) in [4.78, 5) is 0. The van der Waals surface area contributed by atoms with Gasteiger partial charge in [-0.05, 0) is 0 Å². The van der Waals surface area contributed by atoms with E-state index in [9.17, 15) is 21.6 Å². The quantitative estimate of drug-likeness (QED) is 0.396. The van der Waals surface area contributed by atoms with Crippen molar-refractivity contribution in [2.45, 2.75) is 5.51 Å². The number of rotatable bonds is 6. The van der Waals surface area contributed by atoms with Crippen LogP contribution in [-0.2, 0) is 19.0 Å². The number of halogens is 3. The van der Waals surface area contributed by atoms with Crippen molar-refractivity contribution in [1.82, 2.24) is 0 Å². The largest absolute Gasteiger partial charge is 0.523 e. The second kappa shape index (κ2) is 5.49. The van der Waals surface area contributed by atoms with E-state index < -0.39 is 22.2 Å². The Bertz CT molecular complexity index is 247. The second-order valence-electron chi connectivity index (χ2n) is 2.06. The Labute approximate surface area is 78.6 Å². The average Bonchev–Trinajstić information content (AvgIpc) is 2.02. The summed E-state index contributed by atoms with van der Waals surface area (Å²) >= 11 is 0. The Morgan fingerprint density at radius 2 is 1.71 bits per heavy atom. The van der Waals surface area contributed by atoms with E-state index in [0.29, 0.717) is 0 Å². The highest BCUT2D eigenvalue weighted by Gasteiger charge is 2.47. The molecular formula is C5H9F3O5S. The van der Waals surface area contributed by atoms with E-state index in [-0.39, 0.29) is 19.8 Å². The molecule has 0 saturated heterocycles. The minimum absolute atomic E-state index is 0.0879. The van der Waals surface area contributed by atoms with Gasteiger partial charge in [-0.1, -0.05) is 0 Å². The molecule has 0 saturated carbocycles. The standard InChI is InChI=1S/C5H9F3O5S/c6-5(7,8)14(10,11)13-4-3-12-2-1-9/h9H,1-4H2. The average molecular weight is 238 g/mol. The fourth-order valence-electron chi connectivity index (χ4n) is 0.436. The molecule has 0 aliphatic carbocycles. The molecule has 0 unspecified atom stereocenters. The van der Waals surface area contributed by atoms with Crippen LogP contribution in [0.25, 0.3) is 0 Å². The van der Waals surface area contributed by atoms with Crippen LogP contribution >= 0.6 is 0 Å². The highest BCUT2D eigenvalue weighted by molar-refractivity contribution is 7.87. The SMILES string of the molecule is O=S(=O)(OCCOCCO)C(F)(F)F. The molecule has 14 heavy (non-hydrogen) atoms. The zero-order valence-corrected chi connectivity index (χ0v) is 7.77. The number of ether oxygens (including phenoxy) is 1. The predicted molar refractivity (Wildman–Crippen MR) is 38.8 cm³/mol. The Kier molecular flexibility index (Phi) is 5.34. The highest BCUT2D eigenvalue weighted by atomic mass is 32.2. The van der Waals surface area contributed by atoms with E-state index in [2.05, 4.69) is 8.92 Å². The molecule has 0 aromatic heterocycles. The van der Waals surface area contributed by atoms with Crippen molar-refractivity contribution in [2.24, 2.45) is 0 Å². The van der Waals surface area contributed by atoms with Gasteiger partial charge in [-0.2, -0.15) is 21.6 Å². The zero-order chi connectivity index (χ0) is 11.2. The van der Waals surface area contributed by atoms with Crippen molar-refractivity contribution in [2.75, 3.05) is 26.4 Å². The van der Waals surface area contributed by atoms with Crippen LogP contribution in [0.4, 0.5) is 13.2 Å². The van der Waals surface area contributed by atoms with Crippen LogP contribution in [0, 0.1) is 0 Å². The second-order valence-corrected chi connectivity index (χ2v) is 3.66. The Balaban J connectivity index is 3.80. The molecular weight excluding hydrogens is 229 g/mol. The lowest BCUT2D eigenvalue weighted by atomic mass is 10.7. The summed E-state index contributed by atoms with van der Waals surface area (Å²) in [5.41, 5.74) is -5.41. The molecule has 0 aromatic carbocycles. The smallest absolute Gasteiger partial charge is 0.394 e. The summed E-state index contributed by atoms with van der Waals surface area (Å²) in [6.45, 7) is -1.46. The first-order valence-electron chi connectivity index (χ1n) is 3.45. The minimum Gasteiger partial charge on any atom is -0.394 e. The van der Waals surface area contributed by atoms with Crippen molar-refractivity contribution in [3.63, 3.8) is 0 Å². The van der Waals surface area contributed by atoms with Gasteiger partial charge in [0.15, 0.2) is 0 Å². The van der Waals surface area contributed by atoms with Gasteiger partial charge in [-0.3, -0.25) is 4.18 Å². The maximum Gasteiger partial charge on any atom is 0.523 e. The lowest BCUT2D eigenvalue weighted by Crippen LogP contribution is -2.26. The zero-order valence-electron chi connectivity index (χ0n) is 6.95. The van der Waals surface area contributed by atoms with Crippen molar-refractivity contribution in [3.8, 4) is 0 Å². The van der Waals surface area contributed by atoms with E-state index in [0.717, 1.165) is 0 Å². The predicted octanol–water partition coefficient (Wildman–Crippen LogP) is -0.138. The van der Waals surface area contributed by atoms with Gasteiger partial charge in [-0.15, -0.1) is 0 Å². The van der Waals surface area contributed by atoms with E-state index in [1.807, 2.05) is 0 Å². The third-order valence-corrected chi connectivity index (χ3v) is 2.03. The number of hydrogen-bond acceptors (Lipinski definition) is 5. The molecule has 0 amide bonds. The fourth-order valence-corrected chi connectivity index (χ4v) is 0.857. The molecule has 0 aromatic rings. The lowest BCUT2D eigenvalue weighted by Gasteiger charge is -2.07. The summed E-state index contributed by atoms with van der Waals surface area (Å²) in [5.74, 6) is 0. The Morgan fingerprint density at radius 3 is 2.14 bits per heavy atom. The van der Waals surface area contributed by atoms with Gasteiger partial charge >= 0.3 is 15.6 Å². The van der Waals surface area contributed by atoms with Gasteiger partial charge < -0.3 is 9.84 Å². The normalized spacial score (nSPS) is 13.1. The van der Waals surface area contributed by atoms with Crippen molar-refractivity contribution < 1.29 is 35.6 Å². The topological polar surface area (TPSA) is 72.8 Å². The summed E-state index contributed by atoms with van der Waals surface area (Å²) in [5, 5.41) is 8.19. The van der Waals surface area contributed by atoms with Gasteiger partial charge in [0.05, 0.1) is 26.4 Å². The molecule has 0 atom stereocenters. The van der Waals surface area contributed by atoms with Crippen LogP contribution in [-0.4, -0.2) is 45.5 Å². The van der Waals surface area contributed by atoms with E-state index in [4.69, 9.17) is 5.11 Å². The maximum atomic E-state index is 11.6. The molecule has 5 nitrogen and oxygen atoms in total. The molecule has 0 fully saturated rings. The van der Waals surface area contributed by atoms with Crippen molar-refractivity contribution in [1.29, 1.82) is 0 Å². The molecule has 0 aliphatic heterocycles. The van der Waals surface area contributed by atoms with Crippen molar-refractivity contribution in [3.05, 3.63) is 0 Å². The first-order chi connectivity index (χ1) is 6.31. The molecule has 0 radical (unpaired) electrons. The molecule has 86 valence electrons. The first-order valence-corrected chi connectivity index (χ1v) is 4.86. The first kappa shape index (κ1) is 13.6. The van der Waals surface area contributed by atoms with Crippen LogP contribution < -0.4 is 0 Å². The van der Waals surface area contributed by atoms with E-state index in [1.54, 1.807) is 0 Å². The summed E-state index contributed by atoms with van der Waals surface area (Å²) in [7, 11) is -5.53. The van der Waals surface area contributed by atoms with E-state index >= 15 is 0 Å². The van der Waals surface area contributed by atoms with Crippen LogP contribution in [0.3, 0.4) is 0 Å². The molecule has 1 N–H and O–H groups in total. The fraction of sp³-hybridized carbons (Fsp3) is 1.00. The minimum atomic E-state index is -5.53. The highest BCUT2D eigenvalue weighted by Crippen LogP contribution is 2.24. The third kappa shape index (κ3) is 4.74. The van der Waals surface area contributed by atoms with Gasteiger partial charge in [-0.25, -0.2) is 0 Å². The Morgan fingerprint density at radius 1 is 1.14 bits per heavy atom.